The van der Waals surface area contributed by atoms with Gasteiger partial charge in [-0.15, -0.1) is 0 Å². The Morgan fingerprint density at radius 2 is 1.53 bits per heavy atom. The fourth-order valence-electron chi connectivity index (χ4n) is 2.11. The number of benzene rings is 1. The third kappa shape index (κ3) is 7.98. The molecule has 1 nitrogen and oxygen atoms in total. The van der Waals surface area contributed by atoms with Gasteiger partial charge in [0.15, 0.2) is 0 Å². The highest BCUT2D eigenvalue weighted by molar-refractivity contribution is 9.11. The number of hydrogen-bond acceptors (Lipinski definition) is 1. The van der Waals surface area contributed by atoms with Crippen LogP contribution in [0.15, 0.2) is 27.1 Å². The Bertz CT molecular complexity index is 353. The fraction of sp³-hybridized carbons (Fsp3) is 0.625. The molecule has 0 saturated heterocycles. The predicted octanol–water partition coefficient (Wildman–Crippen LogP) is 6.76. The summed E-state index contributed by atoms with van der Waals surface area (Å²) in [6.07, 6.45) is 10.9. The second-order valence-electron chi connectivity index (χ2n) is 5.03. The van der Waals surface area contributed by atoms with Crippen molar-refractivity contribution in [1.82, 2.24) is 0 Å². The van der Waals surface area contributed by atoms with Crippen molar-refractivity contribution in [2.45, 2.75) is 58.3 Å². The van der Waals surface area contributed by atoms with Crippen LogP contribution in [0.5, 0.6) is 0 Å². The van der Waals surface area contributed by atoms with Gasteiger partial charge in [0, 0.05) is 21.2 Å². The summed E-state index contributed by atoms with van der Waals surface area (Å²) < 4.78 is 2.25. The van der Waals surface area contributed by atoms with Crippen LogP contribution in [0.25, 0.3) is 0 Å². The van der Waals surface area contributed by atoms with Crippen molar-refractivity contribution in [3.63, 3.8) is 0 Å². The molecule has 1 N–H and O–H groups in total. The zero-order valence-corrected chi connectivity index (χ0v) is 15.0. The molecule has 0 aliphatic heterocycles. The fourth-order valence-corrected chi connectivity index (χ4v) is 2.86. The topological polar surface area (TPSA) is 12.0 Å². The minimum absolute atomic E-state index is 1.06. The van der Waals surface area contributed by atoms with Crippen molar-refractivity contribution in [3.05, 3.63) is 27.1 Å². The lowest BCUT2D eigenvalue weighted by Crippen LogP contribution is -2.02. The maximum Gasteiger partial charge on any atom is 0.0495 e. The lowest BCUT2D eigenvalue weighted by Gasteiger charge is -2.09. The van der Waals surface area contributed by atoms with Crippen LogP contribution in [-0.2, 0) is 0 Å². The quantitative estimate of drug-likeness (QED) is 0.435. The first-order valence-corrected chi connectivity index (χ1v) is 9.01. The van der Waals surface area contributed by atoms with Crippen molar-refractivity contribution < 1.29 is 0 Å². The van der Waals surface area contributed by atoms with E-state index in [2.05, 4.69) is 56.2 Å². The van der Waals surface area contributed by atoms with Gasteiger partial charge in [-0.25, -0.2) is 0 Å². The molecule has 3 heteroatoms. The molecule has 108 valence electrons. The van der Waals surface area contributed by atoms with Crippen LogP contribution in [-0.4, -0.2) is 6.54 Å². The molecule has 0 spiro atoms. The van der Waals surface area contributed by atoms with Gasteiger partial charge >= 0.3 is 0 Å². The van der Waals surface area contributed by atoms with Crippen molar-refractivity contribution in [1.29, 1.82) is 0 Å². The molecule has 0 aliphatic rings. The largest absolute Gasteiger partial charge is 0.384 e. The number of nitrogens with one attached hydrogen (secondary N) is 1. The minimum Gasteiger partial charge on any atom is -0.384 e. The Labute approximate surface area is 134 Å². The molecule has 0 saturated carbocycles. The van der Waals surface area contributed by atoms with E-state index in [9.17, 15) is 0 Å². The Morgan fingerprint density at radius 3 is 2.21 bits per heavy atom. The van der Waals surface area contributed by atoms with E-state index in [-0.39, 0.29) is 0 Å². The van der Waals surface area contributed by atoms with E-state index in [4.69, 9.17) is 0 Å². The van der Waals surface area contributed by atoms with Crippen molar-refractivity contribution in [3.8, 4) is 0 Å². The Balaban J connectivity index is 2.03. The summed E-state index contributed by atoms with van der Waals surface area (Å²) >= 11 is 7.06. The van der Waals surface area contributed by atoms with Crippen molar-refractivity contribution in [2.75, 3.05) is 11.9 Å². The average Bonchev–Trinajstić information content (AvgIpc) is 2.40. The summed E-state index contributed by atoms with van der Waals surface area (Å²) in [5, 5.41) is 3.49. The van der Waals surface area contributed by atoms with Gasteiger partial charge in [-0.2, -0.15) is 0 Å². The van der Waals surface area contributed by atoms with E-state index in [1.807, 2.05) is 6.07 Å². The van der Waals surface area contributed by atoms with Crippen molar-refractivity contribution >= 4 is 37.5 Å². The van der Waals surface area contributed by atoms with Crippen LogP contribution in [0.4, 0.5) is 5.69 Å². The van der Waals surface area contributed by atoms with Gasteiger partial charge < -0.3 is 5.32 Å². The summed E-state index contributed by atoms with van der Waals surface area (Å²) in [6, 6.07) is 6.24. The van der Waals surface area contributed by atoms with Gasteiger partial charge in [-0.05, 0) is 40.5 Å². The van der Waals surface area contributed by atoms with Crippen LogP contribution in [0, 0.1) is 0 Å². The first-order valence-electron chi connectivity index (χ1n) is 7.43. The highest BCUT2D eigenvalue weighted by atomic mass is 79.9. The maximum atomic E-state index is 3.57. The molecule has 0 radical (unpaired) electrons. The van der Waals surface area contributed by atoms with E-state index in [1.165, 1.54) is 57.1 Å². The van der Waals surface area contributed by atoms with E-state index >= 15 is 0 Å². The zero-order chi connectivity index (χ0) is 13.9. The summed E-state index contributed by atoms with van der Waals surface area (Å²) in [5.74, 6) is 0. The second-order valence-corrected chi connectivity index (χ2v) is 6.80. The first-order chi connectivity index (χ1) is 9.24. The highest BCUT2D eigenvalue weighted by Gasteiger charge is 1.99. The molecule has 0 heterocycles. The van der Waals surface area contributed by atoms with Crippen LogP contribution < -0.4 is 5.32 Å². The Kier molecular flexibility index (Phi) is 9.62. The van der Waals surface area contributed by atoms with Gasteiger partial charge in [0.05, 0.1) is 0 Å². The molecule has 1 rings (SSSR count). The Hall–Kier alpha value is -0.0200. The van der Waals surface area contributed by atoms with Gasteiger partial charge in [0.25, 0.3) is 0 Å². The summed E-state index contributed by atoms with van der Waals surface area (Å²) in [7, 11) is 0. The van der Waals surface area contributed by atoms with Crippen LogP contribution in [0.2, 0.25) is 0 Å². The monoisotopic (exact) mass is 389 g/mol. The molecule has 1 aromatic rings. The second kappa shape index (κ2) is 10.7. The number of hydrogen-bond donors (Lipinski definition) is 1. The standard InChI is InChI=1S/C16H25Br2N/c1-2-3-4-5-6-7-8-9-12-19-16-13-14(17)10-11-15(16)18/h10-11,13,19H,2-9,12H2,1H3. The molecule has 0 fully saturated rings. The molecule has 19 heavy (non-hydrogen) atoms. The SMILES string of the molecule is CCCCCCCCCCNc1cc(Br)ccc1Br. The summed E-state index contributed by atoms with van der Waals surface area (Å²) in [6.45, 7) is 3.33. The van der Waals surface area contributed by atoms with E-state index in [1.54, 1.807) is 0 Å². The third-order valence-electron chi connectivity index (χ3n) is 3.27. The summed E-state index contributed by atoms with van der Waals surface area (Å²) in [4.78, 5) is 0. The molecule has 0 aliphatic carbocycles. The summed E-state index contributed by atoms with van der Waals surface area (Å²) in [5.41, 5.74) is 1.18. The highest BCUT2D eigenvalue weighted by Crippen LogP contribution is 2.26. The molecule has 0 amide bonds. The molecule has 1 aromatic carbocycles. The van der Waals surface area contributed by atoms with Crippen molar-refractivity contribution in [2.24, 2.45) is 0 Å². The molecule has 0 atom stereocenters. The number of unbranched alkanes of at least 4 members (excludes halogenated alkanes) is 7. The third-order valence-corrected chi connectivity index (χ3v) is 4.46. The van der Waals surface area contributed by atoms with E-state index < -0.39 is 0 Å². The van der Waals surface area contributed by atoms with Gasteiger partial charge in [-0.1, -0.05) is 67.8 Å². The lowest BCUT2D eigenvalue weighted by atomic mass is 10.1. The van der Waals surface area contributed by atoms with Crippen LogP contribution in [0.3, 0.4) is 0 Å². The molecule has 0 unspecified atom stereocenters. The Morgan fingerprint density at radius 1 is 0.895 bits per heavy atom. The molecule has 0 bridgehead atoms. The number of rotatable bonds is 10. The molecular weight excluding hydrogens is 366 g/mol. The zero-order valence-electron chi connectivity index (χ0n) is 11.9. The number of halogens is 2. The molecule has 0 aromatic heterocycles. The van der Waals surface area contributed by atoms with E-state index in [0.29, 0.717) is 0 Å². The molecular formula is C16H25Br2N. The first kappa shape index (κ1) is 17.0. The number of anilines is 1. The maximum absolute atomic E-state index is 3.57. The normalized spacial score (nSPS) is 10.7. The van der Waals surface area contributed by atoms with E-state index in [0.717, 1.165) is 15.5 Å². The van der Waals surface area contributed by atoms with Gasteiger partial charge in [0.2, 0.25) is 0 Å². The average molecular weight is 391 g/mol. The van der Waals surface area contributed by atoms with Crippen LogP contribution in [0.1, 0.15) is 58.3 Å². The van der Waals surface area contributed by atoms with Crippen LogP contribution >= 0.6 is 31.9 Å². The van der Waals surface area contributed by atoms with Gasteiger partial charge in [0.1, 0.15) is 0 Å². The smallest absolute Gasteiger partial charge is 0.0495 e. The minimum atomic E-state index is 1.06. The predicted molar refractivity (Wildman–Crippen MR) is 92.9 cm³/mol. The van der Waals surface area contributed by atoms with Gasteiger partial charge in [-0.3, -0.25) is 0 Å². The lowest BCUT2D eigenvalue weighted by molar-refractivity contribution is 0.581.